The largest absolute Gasteiger partial charge is 0.416 e. The maximum absolute atomic E-state index is 13.9. The third-order valence-corrected chi connectivity index (χ3v) is 8.06. The number of piperazine rings is 1. The van der Waals surface area contributed by atoms with Crippen LogP contribution in [0, 0.1) is 0 Å². The van der Waals surface area contributed by atoms with Gasteiger partial charge in [0.25, 0.3) is 11.8 Å². The highest BCUT2D eigenvalue weighted by Gasteiger charge is 2.38. The molecule has 0 atom stereocenters. The maximum atomic E-state index is 13.9. The van der Waals surface area contributed by atoms with Gasteiger partial charge in [-0.25, -0.2) is 19.0 Å². The highest BCUT2D eigenvalue weighted by atomic mass is 19.4. The summed E-state index contributed by atoms with van der Waals surface area (Å²) in [6, 6.07) is 13.3. The van der Waals surface area contributed by atoms with Gasteiger partial charge in [-0.15, -0.1) is 0 Å². The molecule has 4 heterocycles. The molecular weight excluding hydrogens is 610 g/mol. The molecule has 4 amide bonds. The van der Waals surface area contributed by atoms with Crippen LogP contribution in [-0.2, 0) is 11.0 Å². The number of rotatable bonds is 5. The molecule has 238 valence electrons. The molecule has 0 bridgehead atoms. The first-order valence-corrected chi connectivity index (χ1v) is 14.3. The zero-order valence-electron chi connectivity index (χ0n) is 24.2. The van der Waals surface area contributed by atoms with Crippen molar-refractivity contribution >= 4 is 34.7 Å². The van der Waals surface area contributed by atoms with Gasteiger partial charge in [0.2, 0.25) is 0 Å². The lowest BCUT2D eigenvalue weighted by atomic mass is 10.1. The second-order valence-corrected chi connectivity index (χ2v) is 10.9. The molecule has 15 heteroatoms. The zero-order valence-corrected chi connectivity index (χ0v) is 24.2. The number of amides is 4. The van der Waals surface area contributed by atoms with E-state index in [2.05, 4.69) is 16.9 Å². The summed E-state index contributed by atoms with van der Waals surface area (Å²) in [7, 11) is 0. The van der Waals surface area contributed by atoms with Gasteiger partial charge in [0.1, 0.15) is 5.52 Å². The van der Waals surface area contributed by atoms with Crippen molar-refractivity contribution in [1.82, 2.24) is 28.8 Å². The van der Waals surface area contributed by atoms with E-state index < -0.39 is 41.1 Å². The highest BCUT2D eigenvalue weighted by molar-refractivity contribution is 6.05. The number of pyridine rings is 1. The fraction of sp³-hybridized carbons (Fsp3) is 0.258. The number of likely N-dealkylation sites (tertiary alicyclic amines) is 1. The Morgan fingerprint density at radius 1 is 0.870 bits per heavy atom. The molecule has 2 aromatic carbocycles. The number of alkyl halides is 3. The average Bonchev–Trinajstić information content (AvgIpc) is 3.31. The number of anilines is 1. The topological polar surface area (TPSA) is 113 Å². The minimum absolute atomic E-state index is 0.0410. The quantitative estimate of drug-likeness (QED) is 0.262. The molecule has 4 aromatic rings. The van der Waals surface area contributed by atoms with Crippen LogP contribution in [0.25, 0.3) is 16.9 Å². The van der Waals surface area contributed by atoms with Crippen LogP contribution >= 0.6 is 0 Å². The number of hydrogen-bond donors (Lipinski definition) is 1. The van der Waals surface area contributed by atoms with Crippen LogP contribution in [0.4, 0.5) is 28.0 Å². The van der Waals surface area contributed by atoms with Crippen LogP contribution in [0.5, 0.6) is 0 Å². The van der Waals surface area contributed by atoms with Crippen molar-refractivity contribution in [2.45, 2.75) is 12.2 Å². The number of para-hydroxylation sites is 1. The van der Waals surface area contributed by atoms with Crippen molar-refractivity contribution in [3.63, 3.8) is 0 Å². The fourth-order valence-electron chi connectivity index (χ4n) is 5.64. The Bertz CT molecular complexity index is 1890. The van der Waals surface area contributed by atoms with Gasteiger partial charge in [0.15, 0.2) is 11.5 Å². The first kappa shape index (κ1) is 30.6. The van der Waals surface area contributed by atoms with Gasteiger partial charge in [0.05, 0.1) is 22.9 Å². The number of hydrogen-bond acceptors (Lipinski definition) is 5. The van der Waals surface area contributed by atoms with Crippen LogP contribution in [-0.4, -0.2) is 85.9 Å². The minimum Gasteiger partial charge on any atom is -0.335 e. The second-order valence-electron chi connectivity index (χ2n) is 10.9. The number of carbonyl (C=O) groups excluding carboxylic acids is 3. The molecule has 11 nitrogen and oxygen atoms in total. The number of benzene rings is 2. The van der Waals surface area contributed by atoms with Crippen LogP contribution in [0.3, 0.4) is 0 Å². The lowest BCUT2D eigenvalue weighted by Crippen LogP contribution is -2.52. The number of aromatic nitrogens is 3. The molecule has 2 aliphatic heterocycles. The Balaban J connectivity index is 1.33. The van der Waals surface area contributed by atoms with Gasteiger partial charge >= 0.3 is 17.9 Å². The standard InChI is InChI=1S/C31H27F4N7O4/c1-19(32)27(43)40-17-23(18-40)42-26-25(41(30(42)46)22-9-7-20(8-10-22)31(33,34)35)24(11-12-36-26)28(44)38-13-15-39(16-14-38)29(45)37-21-5-3-2-4-6-21/h2-12,23H,1,13-18H2,(H,37,45). The van der Waals surface area contributed by atoms with E-state index in [1.54, 1.807) is 29.2 Å². The third kappa shape index (κ3) is 5.59. The van der Waals surface area contributed by atoms with E-state index in [9.17, 15) is 36.7 Å². The molecule has 0 spiro atoms. The predicted octanol–water partition coefficient (Wildman–Crippen LogP) is 4.06. The van der Waals surface area contributed by atoms with Crippen molar-refractivity contribution in [3.05, 3.63) is 101 Å². The Labute approximate surface area is 258 Å². The second kappa shape index (κ2) is 11.8. The zero-order chi connectivity index (χ0) is 32.7. The summed E-state index contributed by atoms with van der Waals surface area (Å²) in [6.07, 6.45) is -3.26. The Morgan fingerprint density at radius 3 is 2.11 bits per heavy atom. The normalized spacial score (nSPS) is 15.5. The van der Waals surface area contributed by atoms with Crippen molar-refractivity contribution < 1.29 is 31.9 Å². The highest BCUT2D eigenvalue weighted by Crippen LogP contribution is 2.32. The van der Waals surface area contributed by atoms with E-state index >= 15 is 0 Å². The minimum atomic E-state index is -4.61. The number of nitrogens with one attached hydrogen (secondary N) is 1. The lowest BCUT2D eigenvalue weighted by molar-refractivity contribution is -0.137. The van der Waals surface area contributed by atoms with E-state index in [0.717, 1.165) is 33.7 Å². The summed E-state index contributed by atoms with van der Waals surface area (Å²) in [5.41, 5.74) is -0.696. The van der Waals surface area contributed by atoms with Gasteiger partial charge in [-0.2, -0.15) is 13.2 Å². The van der Waals surface area contributed by atoms with E-state index in [0.29, 0.717) is 5.69 Å². The summed E-state index contributed by atoms with van der Waals surface area (Å²) >= 11 is 0. The first-order chi connectivity index (χ1) is 21.9. The molecule has 0 aliphatic carbocycles. The number of nitrogens with zero attached hydrogens (tertiary/aromatic N) is 6. The maximum Gasteiger partial charge on any atom is 0.416 e. The van der Waals surface area contributed by atoms with Crippen LogP contribution in [0.15, 0.2) is 84.1 Å². The molecular formula is C31H27F4N7O4. The van der Waals surface area contributed by atoms with Crippen molar-refractivity contribution in [3.8, 4) is 5.69 Å². The Morgan fingerprint density at radius 2 is 1.50 bits per heavy atom. The van der Waals surface area contributed by atoms with Gasteiger partial charge < -0.3 is 20.0 Å². The summed E-state index contributed by atoms with van der Waals surface area (Å²) in [4.78, 5) is 61.3. The third-order valence-electron chi connectivity index (χ3n) is 8.06. The molecule has 6 rings (SSSR count). The van der Waals surface area contributed by atoms with Crippen molar-refractivity contribution in [2.75, 3.05) is 44.6 Å². The number of carbonyl (C=O) groups is 3. The Hall–Kier alpha value is -5.47. The van der Waals surface area contributed by atoms with Crippen LogP contribution < -0.4 is 11.0 Å². The van der Waals surface area contributed by atoms with E-state index in [4.69, 9.17) is 0 Å². The fourth-order valence-corrected chi connectivity index (χ4v) is 5.64. The van der Waals surface area contributed by atoms with Gasteiger partial charge in [-0.3, -0.25) is 18.7 Å². The van der Waals surface area contributed by atoms with Gasteiger partial charge in [-0.05, 0) is 42.5 Å². The van der Waals surface area contributed by atoms with E-state index in [1.807, 2.05) is 6.07 Å². The molecule has 46 heavy (non-hydrogen) atoms. The summed E-state index contributed by atoms with van der Waals surface area (Å²) in [6.45, 7) is 3.76. The monoisotopic (exact) mass is 637 g/mol. The molecule has 2 saturated heterocycles. The molecule has 0 saturated carbocycles. The van der Waals surface area contributed by atoms with E-state index in [-0.39, 0.29) is 67.7 Å². The van der Waals surface area contributed by atoms with Crippen LogP contribution in [0.2, 0.25) is 0 Å². The van der Waals surface area contributed by atoms with E-state index in [1.165, 1.54) is 21.7 Å². The SMILES string of the molecule is C=C(F)C(=O)N1CC(n2c(=O)n(-c3ccc(C(F)(F)F)cc3)c3c(C(=O)N4CCN(C(=O)Nc5ccccc5)CC4)ccnc32)C1. The predicted molar refractivity (Wildman–Crippen MR) is 159 cm³/mol. The number of fused-ring (bicyclic) bond motifs is 1. The van der Waals surface area contributed by atoms with Crippen LogP contribution in [0.1, 0.15) is 22.0 Å². The van der Waals surface area contributed by atoms with Gasteiger partial charge in [0, 0.05) is 51.2 Å². The molecule has 0 radical (unpaired) electrons. The molecule has 2 fully saturated rings. The first-order valence-electron chi connectivity index (χ1n) is 14.3. The summed E-state index contributed by atoms with van der Waals surface area (Å²) in [5.74, 6) is -2.54. The van der Waals surface area contributed by atoms with Crippen molar-refractivity contribution in [2.24, 2.45) is 0 Å². The molecule has 0 unspecified atom stereocenters. The number of halogens is 4. The average molecular weight is 638 g/mol. The lowest BCUT2D eigenvalue weighted by Gasteiger charge is -2.39. The molecule has 2 aliphatic rings. The Kier molecular flexibility index (Phi) is 7.84. The van der Waals surface area contributed by atoms with Crippen molar-refractivity contribution in [1.29, 1.82) is 0 Å². The van der Waals surface area contributed by atoms with Gasteiger partial charge in [-0.1, -0.05) is 24.8 Å². The molecule has 2 aromatic heterocycles. The number of urea groups is 1. The number of imidazole rings is 1. The molecule has 1 N–H and O–H groups in total. The summed E-state index contributed by atoms with van der Waals surface area (Å²) in [5, 5.41) is 2.81. The summed E-state index contributed by atoms with van der Waals surface area (Å²) < 4.78 is 55.8. The smallest absolute Gasteiger partial charge is 0.335 e.